The molecule has 10 heteroatoms. The first-order valence-corrected chi connectivity index (χ1v) is 19.0. The molecule has 10 nitrogen and oxygen atoms in total. The second kappa shape index (κ2) is 12.1. The molecule has 0 radical (unpaired) electrons. The summed E-state index contributed by atoms with van der Waals surface area (Å²) in [6, 6.07) is 12.2. The Labute approximate surface area is 285 Å². The maximum Gasteiger partial charge on any atom is 0.308 e. The van der Waals surface area contributed by atoms with Crippen LogP contribution >= 0.6 is 0 Å². The summed E-state index contributed by atoms with van der Waals surface area (Å²) < 4.78 is 5.30. The predicted octanol–water partition coefficient (Wildman–Crippen LogP) is 4.60. The number of nitrogens with zero attached hydrogens (tertiary/aromatic N) is 6. The highest BCUT2D eigenvalue weighted by atomic mass is 16.5. The van der Waals surface area contributed by atoms with E-state index in [2.05, 4.69) is 41.2 Å². The van der Waals surface area contributed by atoms with Crippen LogP contribution in [0.25, 0.3) is 11.3 Å². The lowest BCUT2D eigenvalue weighted by Crippen LogP contribution is -2.71. The average molecular weight is 656 g/mol. The number of aromatic nitrogens is 2. The number of piperidine rings is 1. The van der Waals surface area contributed by atoms with Gasteiger partial charge in [0.25, 0.3) is 0 Å². The van der Waals surface area contributed by atoms with Crippen molar-refractivity contribution in [1.29, 1.82) is 0 Å². The van der Waals surface area contributed by atoms with Gasteiger partial charge < -0.3 is 25.0 Å². The van der Waals surface area contributed by atoms with Crippen molar-refractivity contribution < 1.29 is 14.6 Å². The Hall–Kier alpha value is -2.95. The van der Waals surface area contributed by atoms with E-state index in [0.29, 0.717) is 23.5 Å². The molecule has 3 saturated carbocycles. The maximum atomic E-state index is 12.2. The van der Waals surface area contributed by atoms with E-state index in [9.17, 15) is 9.90 Å². The fourth-order valence-electron chi connectivity index (χ4n) is 10.9. The Bertz CT molecular complexity index is 1500. The lowest BCUT2D eigenvalue weighted by atomic mass is 9.56. The van der Waals surface area contributed by atoms with E-state index < -0.39 is 0 Å². The molecule has 0 amide bonds. The van der Waals surface area contributed by atoms with Gasteiger partial charge in [-0.2, -0.15) is 0 Å². The monoisotopic (exact) mass is 655 g/mol. The summed E-state index contributed by atoms with van der Waals surface area (Å²) in [6.45, 7) is 11.7. The number of nitrogens with one attached hydrogen (secondary N) is 1. The Kier molecular flexibility index (Phi) is 7.85. The number of esters is 1. The van der Waals surface area contributed by atoms with Crippen LogP contribution in [0.1, 0.15) is 71.1 Å². The first kappa shape index (κ1) is 31.1. The number of hydrogen-bond donors (Lipinski definition) is 2. The minimum Gasteiger partial charge on any atom is -0.507 e. The van der Waals surface area contributed by atoms with Crippen LogP contribution in [0.5, 0.6) is 5.75 Å². The molecule has 1 aromatic carbocycles. The van der Waals surface area contributed by atoms with Crippen LogP contribution in [0, 0.1) is 16.7 Å². The number of carbonyl (C=O) groups excluding carboxylic acids is 1. The van der Waals surface area contributed by atoms with Gasteiger partial charge in [-0.1, -0.05) is 12.1 Å². The Balaban J connectivity index is 0.712. The number of para-hydroxylation sites is 1. The summed E-state index contributed by atoms with van der Waals surface area (Å²) in [5.74, 6) is 1.29. The number of fused-ring (bicyclic) bond motifs is 3. The number of aromatic hydroxyl groups is 1. The number of rotatable bonds is 6. The van der Waals surface area contributed by atoms with Crippen LogP contribution in [-0.2, 0) is 9.53 Å². The number of carbonyl (C=O) groups is 1. The molecule has 258 valence electrons. The molecule has 0 unspecified atom stereocenters. The molecule has 48 heavy (non-hydrogen) atoms. The Morgan fingerprint density at radius 3 is 2.35 bits per heavy atom. The molecule has 2 N–H and O–H groups in total. The Morgan fingerprint density at radius 1 is 0.875 bits per heavy atom. The quantitative estimate of drug-likeness (QED) is 0.430. The number of likely N-dealkylation sites (tertiary alicyclic amines) is 2. The van der Waals surface area contributed by atoms with Crippen molar-refractivity contribution in [3.8, 4) is 17.0 Å². The molecule has 2 spiro atoms. The fraction of sp³-hybridized carbons (Fsp3) is 0.711. The molecular formula is C38H53N7O3. The van der Waals surface area contributed by atoms with Crippen molar-refractivity contribution in [2.45, 2.75) is 95.3 Å². The minimum atomic E-state index is 0.0412. The lowest BCUT2D eigenvalue weighted by Gasteiger charge is -2.64. The van der Waals surface area contributed by atoms with Gasteiger partial charge in [0.05, 0.1) is 29.9 Å². The van der Waals surface area contributed by atoms with E-state index >= 15 is 0 Å². The molecule has 3 saturated heterocycles. The van der Waals surface area contributed by atoms with Gasteiger partial charge in [-0.05, 0) is 113 Å². The van der Waals surface area contributed by atoms with Crippen LogP contribution in [0.3, 0.4) is 0 Å². The zero-order chi connectivity index (χ0) is 32.5. The highest BCUT2D eigenvalue weighted by Gasteiger charge is 2.56. The average Bonchev–Trinajstić information content (AvgIpc) is 3.06. The van der Waals surface area contributed by atoms with Crippen molar-refractivity contribution in [2.75, 3.05) is 69.2 Å². The molecule has 1 atom stereocenters. The van der Waals surface area contributed by atoms with Gasteiger partial charge in [0.1, 0.15) is 5.75 Å². The summed E-state index contributed by atoms with van der Waals surface area (Å²) in [5.41, 5.74) is 3.65. The number of anilines is 2. The molecule has 0 bridgehead atoms. The minimum absolute atomic E-state index is 0.0412. The third-order valence-electron chi connectivity index (χ3n) is 13.7. The lowest BCUT2D eigenvalue weighted by molar-refractivity contribution is -0.151. The highest BCUT2D eigenvalue weighted by molar-refractivity contribution is 5.76. The van der Waals surface area contributed by atoms with Crippen LogP contribution in [0.15, 0.2) is 30.3 Å². The smallest absolute Gasteiger partial charge is 0.308 e. The van der Waals surface area contributed by atoms with Crippen molar-refractivity contribution in [3.63, 3.8) is 0 Å². The Morgan fingerprint density at radius 2 is 1.60 bits per heavy atom. The SMILES string of the molecule is CCOC(=O)C1CCC2(CC1)CC(N1CCC(N3CC4(CC(N5CCN6c7cc(-c8ccccc8O)nnc7NC[C@H]6C5)C4)C3)CC1)C2. The van der Waals surface area contributed by atoms with Gasteiger partial charge in [0.2, 0.25) is 0 Å². The normalized spacial score (nSPS) is 32.4. The number of piperazine rings is 1. The number of phenolic OH excluding ortho intramolecular Hbond substituents is 1. The molecule has 7 aliphatic rings. The third kappa shape index (κ3) is 5.46. The summed E-state index contributed by atoms with van der Waals surface area (Å²) in [5, 5.41) is 22.8. The molecule has 1 aromatic heterocycles. The van der Waals surface area contributed by atoms with E-state index in [4.69, 9.17) is 4.74 Å². The summed E-state index contributed by atoms with van der Waals surface area (Å²) >= 11 is 0. The number of phenols is 1. The second-order valence-corrected chi connectivity index (χ2v) is 16.5. The zero-order valence-electron chi connectivity index (χ0n) is 28.7. The van der Waals surface area contributed by atoms with E-state index in [1.807, 2.05) is 25.1 Å². The molecular weight excluding hydrogens is 602 g/mol. The largest absolute Gasteiger partial charge is 0.507 e. The number of hydrogen-bond acceptors (Lipinski definition) is 10. The van der Waals surface area contributed by atoms with Crippen molar-refractivity contribution in [1.82, 2.24) is 24.9 Å². The van der Waals surface area contributed by atoms with Crippen LogP contribution in [0.4, 0.5) is 11.5 Å². The van der Waals surface area contributed by atoms with Crippen molar-refractivity contribution in [3.05, 3.63) is 30.3 Å². The predicted molar refractivity (Wildman–Crippen MR) is 186 cm³/mol. The topological polar surface area (TPSA) is 97.3 Å². The van der Waals surface area contributed by atoms with E-state index in [1.165, 1.54) is 77.5 Å². The van der Waals surface area contributed by atoms with Crippen molar-refractivity contribution >= 4 is 17.5 Å². The molecule has 4 aliphatic heterocycles. The van der Waals surface area contributed by atoms with Gasteiger partial charge in [0.15, 0.2) is 5.82 Å². The van der Waals surface area contributed by atoms with Gasteiger partial charge in [-0.3, -0.25) is 14.6 Å². The first-order chi connectivity index (χ1) is 23.4. The molecule has 3 aliphatic carbocycles. The molecule has 9 rings (SSSR count). The molecule has 2 aromatic rings. The fourth-order valence-corrected chi connectivity index (χ4v) is 10.9. The van der Waals surface area contributed by atoms with E-state index in [0.717, 1.165) is 79.9 Å². The van der Waals surface area contributed by atoms with Gasteiger partial charge in [0, 0.05) is 63.0 Å². The van der Waals surface area contributed by atoms with Crippen LogP contribution in [-0.4, -0.2) is 119 Å². The van der Waals surface area contributed by atoms with Crippen LogP contribution in [0.2, 0.25) is 0 Å². The molecule has 5 heterocycles. The van der Waals surface area contributed by atoms with Gasteiger partial charge in [-0.15, -0.1) is 10.2 Å². The number of ether oxygens (including phenoxy) is 1. The first-order valence-electron chi connectivity index (χ1n) is 19.0. The van der Waals surface area contributed by atoms with Crippen LogP contribution < -0.4 is 10.2 Å². The second-order valence-electron chi connectivity index (χ2n) is 16.5. The zero-order valence-corrected chi connectivity index (χ0v) is 28.7. The summed E-state index contributed by atoms with van der Waals surface area (Å²) in [4.78, 5) is 23.1. The summed E-state index contributed by atoms with van der Waals surface area (Å²) in [6.07, 6.45) is 12.6. The standard InChI is InChI=1S/C38H53N7O3/c1-2-48-36(47)26-7-11-37(12-8-26)18-28(19-37)42-13-9-27(10-14-42)44-24-38(25-44)20-29(21-38)43-15-16-45-30(23-43)22-39-35-33(45)17-32(40-41-35)31-5-3-4-6-34(31)46/h3-6,17,26-30,46H,2,7-16,18-25H2,1H3,(H,39,41)/t26?,28?,30-,37?/m0/s1. The van der Waals surface area contributed by atoms with E-state index in [-0.39, 0.29) is 17.6 Å². The third-order valence-corrected chi connectivity index (χ3v) is 13.7. The molecule has 6 fully saturated rings. The van der Waals surface area contributed by atoms with Gasteiger partial charge in [-0.25, -0.2) is 0 Å². The summed E-state index contributed by atoms with van der Waals surface area (Å²) in [7, 11) is 0. The van der Waals surface area contributed by atoms with Gasteiger partial charge >= 0.3 is 5.97 Å². The van der Waals surface area contributed by atoms with E-state index in [1.54, 1.807) is 6.07 Å². The van der Waals surface area contributed by atoms with Crippen molar-refractivity contribution in [2.24, 2.45) is 16.7 Å². The maximum absolute atomic E-state index is 12.2. The number of benzene rings is 1. The highest BCUT2D eigenvalue weighted by Crippen LogP contribution is 2.55.